The first-order valence-corrected chi connectivity index (χ1v) is 5.29. The van der Waals surface area contributed by atoms with E-state index in [-0.39, 0.29) is 17.9 Å². The second-order valence-corrected chi connectivity index (χ2v) is 3.58. The van der Waals surface area contributed by atoms with E-state index in [1.165, 1.54) is 5.06 Å². The van der Waals surface area contributed by atoms with E-state index < -0.39 is 0 Å². The third kappa shape index (κ3) is 3.53. The number of hydrogen-bond donors (Lipinski definition) is 0. The van der Waals surface area contributed by atoms with Crippen LogP contribution in [0.15, 0.2) is 30.3 Å². The normalized spacial score (nSPS) is 10.4. The molecule has 0 radical (unpaired) electrons. The molecule has 0 bridgehead atoms. The molecule has 0 saturated heterocycles. The molecule has 0 unspecified atom stereocenters. The van der Waals surface area contributed by atoms with E-state index >= 15 is 0 Å². The van der Waals surface area contributed by atoms with Gasteiger partial charge < -0.3 is 0 Å². The molecule has 0 heterocycles. The highest BCUT2D eigenvalue weighted by Crippen LogP contribution is 2.15. The van der Waals surface area contributed by atoms with Crippen LogP contribution >= 0.6 is 11.6 Å². The Balaban J connectivity index is 2.86. The first-order valence-electron chi connectivity index (χ1n) is 4.76. The van der Waals surface area contributed by atoms with Crippen molar-refractivity contribution in [2.75, 3.05) is 10.9 Å². The van der Waals surface area contributed by atoms with Crippen LogP contribution in [0.25, 0.3) is 0 Å². The summed E-state index contributed by atoms with van der Waals surface area (Å²) in [4.78, 5) is 16.9. The van der Waals surface area contributed by atoms with E-state index in [0.717, 1.165) is 0 Å². The van der Waals surface area contributed by atoms with Crippen molar-refractivity contribution in [3.05, 3.63) is 30.3 Å². The van der Waals surface area contributed by atoms with Crippen molar-refractivity contribution in [3.8, 4) is 0 Å². The quantitative estimate of drug-likeness (QED) is 0.585. The van der Waals surface area contributed by atoms with Crippen molar-refractivity contribution in [2.45, 2.75) is 20.0 Å². The highest BCUT2D eigenvalue weighted by atomic mass is 35.5. The van der Waals surface area contributed by atoms with Gasteiger partial charge in [-0.2, -0.15) is 5.06 Å². The number of rotatable bonds is 4. The largest absolute Gasteiger partial charge is 0.271 e. The maximum absolute atomic E-state index is 11.5. The minimum absolute atomic E-state index is 0.0719. The smallest absolute Gasteiger partial charge is 0.265 e. The van der Waals surface area contributed by atoms with E-state index in [1.54, 1.807) is 12.1 Å². The van der Waals surface area contributed by atoms with E-state index in [0.29, 0.717) is 5.69 Å². The lowest BCUT2D eigenvalue weighted by Gasteiger charge is -2.23. The van der Waals surface area contributed by atoms with Crippen LogP contribution in [0.1, 0.15) is 13.8 Å². The van der Waals surface area contributed by atoms with Gasteiger partial charge >= 0.3 is 0 Å². The summed E-state index contributed by atoms with van der Waals surface area (Å²) >= 11 is 5.51. The Hall–Kier alpha value is -1.06. The minimum atomic E-state index is -0.267. The first kappa shape index (κ1) is 12.0. The Bertz CT molecular complexity index is 314. The van der Waals surface area contributed by atoms with Crippen molar-refractivity contribution < 1.29 is 9.63 Å². The molecule has 0 atom stereocenters. The molecular weight excluding hydrogens is 214 g/mol. The standard InChI is InChI=1S/C11H14ClNO2/c1-9(2)15-13(11(14)8-12)10-6-4-3-5-7-10/h3-7,9H,8H2,1-2H3. The van der Waals surface area contributed by atoms with Crippen LogP contribution in [0.4, 0.5) is 5.69 Å². The molecule has 0 aliphatic carbocycles. The highest BCUT2D eigenvalue weighted by molar-refractivity contribution is 6.29. The lowest BCUT2D eigenvalue weighted by atomic mass is 10.3. The molecule has 1 rings (SSSR count). The Morgan fingerprint density at radius 1 is 1.40 bits per heavy atom. The fourth-order valence-corrected chi connectivity index (χ4v) is 1.20. The second-order valence-electron chi connectivity index (χ2n) is 3.31. The highest BCUT2D eigenvalue weighted by Gasteiger charge is 2.16. The van der Waals surface area contributed by atoms with Gasteiger partial charge in [-0.1, -0.05) is 18.2 Å². The summed E-state index contributed by atoms with van der Waals surface area (Å²) in [6, 6.07) is 9.16. The number of hydroxylamine groups is 1. The van der Waals surface area contributed by atoms with E-state index in [2.05, 4.69) is 0 Å². The average molecular weight is 228 g/mol. The number of carbonyl (C=O) groups is 1. The van der Waals surface area contributed by atoms with Gasteiger partial charge in [-0.15, -0.1) is 11.6 Å². The molecule has 1 aromatic carbocycles. The van der Waals surface area contributed by atoms with Crippen molar-refractivity contribution >= 4 is 23.2 Å². The Morgan fingerprint density at radius 3 is 2.47 bits per heavy atom. The lowest BCUT2D eigenvalue weighted by Crippen LogP contribution is -2.34. The SMILES string of the molecule is CC(C)ON(C(=O)CCl)c1ccccc1. The van der Waals surface area contributed by atoms with Crippen LogP contribution in [0.3, 0.4) is 0 Å². The lowest BCUT2D eigenvalue weighted by molar-refractivity contribution is -0.125. The van der Waals surface area contributed by atoms with E-state index in [4.69, 9.17) is 16.4 Å². The second kappa shape index (κ2) is 5.73. The molecule has 3 nitrogen and oxygen atoms in total. The van der Waals surface area contributed by atoms with Gasteiger partial charge in [-0.3, -0.25) is 9.63 Å². The van der Waals surface area contributed by atoms with Crippen LogP contribution in [0, 0.1) is 0 Å². The minimum Gasteiger partial charge on any atom is -0.271 e. The maximum atomic E-state index is 11.5. The summed E-state index contributed by atoms with van der Waals surface area (Å²) in [5, 5.41) is 1.23. The van der Waals surface area contributed by atoms with Crippen molar-refractivity contribution in [3.63, 3.8) is 0 Å². The third-order valence-corrected chi connectivity index (χ3v) is 1.88. The molecule has 0 aliphatic heterocycles. The molecule has 1 amide bonds. The zero-order valence-corrected chi connectivity index (χ0v) is 9.57. The molecule has 4 heteroatoms. The van der Waals surface area contributed by atoms with Crippen LogP contribution in [0.2, 0.25) is 0 Å². The number of hydrogen-bond acceptors (Lipinski definition) is 2. The third-order valence-electron chi connectivity index (χ3n) is 1.65. The number of para-hydroxylation sites is 1. The van der Waals surface area contributed by atoms with E-state index in [9.17, 15) is 4.79 Å². The summed E-state index contributed by atoms with van der Waals surface area (Å²) in [7, 11) is 0. The molecule has 0 fully saturated rings. The topological polar surface area (TPSA) is 29.5 Å². The van der Waals surface area contributed by atoms with E-state index in [1.807, 2.05) is 32.0 Å². The molecule has 0 aromatic heterocycles. The van der Waals surface area contributed by atoms with Crippen LogP contribution in [-0.2, 0) is 9.63 Å². The number of alkyl halides is 1. The molecule has 0 saturated carbocycles. The van der Waals surface area contributed by atoms with Gasteiger partial charge in [0.05, 0.1) is 11.8 Å². The number of anilines is 1. The summed E-state index contributed by atoms with van der Waals surface area (Å²) < 4.78 is 0. The maximum Gasteiger partial charge on any atom is 0.265 e. The Morgan fingerprint density at radius 2 is 2.00 bits per heavy atom. The van der Waals surface area contributed by atoms with Crippen LogP contribution < -0.4 is 5.06 Å². The van der Waals surface area contributed by atoms with Gasteiger partial charge in [-0.25, -0.2) is 0 Å². The number of nitrogens with zero attached hydrogens (tertiary/aromatic N) is 1. The fraction of sp³-hybridized carbons (Fsp3) is 0.364. The summed E-state index contributed by atoms with van der Waals surface area (Å²) in [6.45, 7) is 3.72. The molecule has 0 spiro atoms. The summed E-state index contributed by atoms with van der Waals surface area (Å²) in [5.74, 6) is -0.363. The molecule has 82 valence electrons. The van der Waals surface area contributed by atoms with Crippen molar-refractivity contribution in [1.29, 1.82) is 0 Å². The zero-order chi connectivity index (χ0) is 11.3. The van der Waals surface area contributed by atoms with Crippen molar-refractivity contribution in [2.24, 2.45) is 0 Å². The summed E-state index contributed by atoms with van der Waals surface area (Å²) in [5.41, 5.74) is 0.692. The molecule has 1 aromatic rings. The number of benzene rings is 1. The number of amides is 1. The molecule has 0 aliphatic rings. The average Bonchev–Trinajstić information content (AvgIpc) is 2.26. The van der Waals surface area contributed by atoms with Crippen molar-refractivity contribution in [1.82, 2.24) is 0 Å². The summed E-state index contributed by atoms with van der Waals surface area (Å²) in [6.07, 6.45) is -0.0719. The molecule has 0 N–H and O–H groups in total. The first-order chi connectivity index (χ1) is 7.15. The number of halogens is 1. The van der Waals surface area contributed by atoms with Gasteiger partial charge in [-0.05, 0) is 26.0 Å². The molecule has 15 heavy (non-hydrogen) atoms. The zero-order valence-electron chi connectivity index (χ0n) is 8.81. The van der Waals surface area contributed by atoms with Gasteiger partial charge in [0.2, 0.25) is 0 Å². The predicted octanol–water partition coefficient (Wildman–Crippen LogP) is 2.60. The van der Waals surface area contributed by atoms with Gasteiger partial charge in [0.1, 0.15) is 5.88 Å². The Kier molecular flexibility index (Phi) is 4.59. The van der Waals surface area contributed by atoms with Gasteiger partial charge in [0, 0.05) is 0 Å². The molecular formula is C11H14ClNO2. The monoisotopic (exact) mass is 227 g/mol. The van der Waals surface area contributed by atoms with Gasteiger partial charge in [0.25, 0.3) is 5.91 Å². The van der Waals surface area contributed by atoms with Crippen LogP contribution in [-0.4, -0.2) is 17.9 Å². The van der Waals surface area contributed by atoms with Gasteiger partial charge in [0.15, 0.2) is 0 Å². The number of carbonyl (C=O) groups excluding carboxylic acids is 1. The predicted molar refractivity (Wildman–Crippen MR) is 60.9 cm³/mol. The Labute approximate surface area is 94.5 Å². The fourth-order valence-electron chi connectivity index (χ4n) is 1.09. The van der Waals surface area contributed by atoms with Crippen LogP contribution in [0.5, 0.6) is 0 Å².